The number of rotatable bonds is 3. The number of aromatic nitrogens is 2. The Balaban J connectivity index is 2.19. The van der Waals surface area contributed by atoms with Crippen LogP contribution in [0.15, 0.2) is 18.2 Å². The average Bonchev–Trinajstić information content (AvgIpc) is 2.56. The van der Waals surface area contributed by atoms with Crippen molar-refractivity contribution in [3.05, 3.63) is 44.7 Å². The maximum atomic E-state index is 6.17. The smallest absolute Gasteiger partial charge is 0.0865 e. The van der Waals surface area contributed by atoms with Crippen molar-refractivity contribution in [3.8, 4) is 0 Å². The molecule has 0 aliphatic heterocycles. The number of nitrogens with zero attached hydrogens (tertiary/aromatic N) is 2. The molecule has 0 saturated heterocycles. The molecule has 2 aromatic rings. The molecule has 0 bridgehead atoms. The van der Waals surface area contributed by atoms with E-state index in [1.165, 1.54) is 0 Å². The van der Waals surface area contributed by atoms with Crippen molar-refractivity contribution in [3.63, 3.8) is 0 Å². The molecule has 18 heavy (non-hydrogen) atoms. The van der Waals surface area contributed by atoms with E-state index in [4.69, 9.17) is 34.8 Å². The number of benzene rings is 1. The fourth-order valence-corrected chi connectivity index (χ4v) is 2.29. The number of hydrogen-bond donors (Lipinski definition) is 1. The minimum Gasteiger partial charge on any atom is -0.378 e. The summed E-state index contributed by atoms with van der Waals surface area (Å²) in [5.41, 5.74) is 2.50. The van der Waals surface area contributed by atoms with Gasteiger partial charge in [0, 0.05) is 7.05 Å². The van der Waals surface area contributed by atoms with Crippen LogP contribution in [0.1, 0.15) is 11.4 Å². The monoisotopic (exact) mass is 303 g/mol. The normalized spacial score (nSPS) is 10.7. The largest absolute Gasteiger partial charge is 0.378 e. The van der Waals surface area contributed by atoms with E-state index >= 15 is 0 Å². The van der Waals surface area contributed by atoms with Gasteiger partial charge in [-0.1, -0.05) is 40.9 Å². The van der Waals surface area contributed by atoms with Gasteiger partial charge in [0.15, 0.2) is 0 Å². The van der Waals surface area contributed by atoms with Gasteiger partial charge in [0.05, 0.1) is 38.7 Å². The van der Waals surface area contributed by atoms with Crippen LogP contribution in [0.2, 0.25) is 15.1 Å². The lowest BCUT2D eigenvalue weighted by Gasteiger charge is -2.09. The molecule has 2 rings (SSSR count). The second-order valence-corrected chi connectivity index (χ2v) is 5.09. The van der Waals surface area contributed by atoms with E-state index in [9.17, 15) is 0 Å². The van der Waals surface area contributed by atoms with Crippen molar-refractivity contribution in [2.75, 3.05) is 5.32 Å². The fraction of sp³-hybridized carbons (Fsp3) is 0.250. The second-order valence-electron chi connectivity index (χ2n) is 3.92. The van der Waals surface area contributed by atoms with Crippen molar-refractivity contribution >= 4 is 40.5 Å². The van der Waals surface area contributed by atoms with Gasteiger partial charge in [-0.15, -0.1) is 0 Å². The van der Waals surface area contributed by atoms with Crippen LogP contribution in [0, 0.1) is 6.92 Å². The lowest BCUT2D eigenvalue weighted by atomic mass is 10.3. The highest BCUT2D eigenvalue weighted by molar-refractivity contribution is 6.43. The molecular formula is C12H12Cl3N3. The Morgan fingerprint density at radius 3 is 2.56 bits per heavy atom. The molecule has 1 heterocycles. The molecule has 96 valence electrons. The summed E-state index contributed by atoms with van der Waals surface area (Å²) >= 11 is 18.2. The van der Waals surface area contributed by atoms with Crippen LogP contribution in [0.4, 0.5) is 5.69 Å². The van der Waals surface area contributed by atoms with Gasteiger partial charge in [0.2, 0.25) is 0 Å². The lowest BCUT2D eigenvalue weighted by molar-refractivity contribution is 0.713. The van der Waals surface area contributed by atoms with Gasteiger partial charge in [-0.3, -0.25) is 4.68 Å². The third kappa shape index (κ3) is 2.58. The number of aryl methyl sites for hydroxylation is 2. The molecule has 0 aliphatic carbocycles. The summed E-state index contributed by atoms with van der Waals surface area (Å²) in [4.78, 5) is 0. The quantitative estimate of drug-likeness (QED) is 0.916. The summed E-state index contributed by atoms with van der Waals surface area (Å²) in [6.45, 7) is 2.41. The summed E-state index contributed by atoms with van der Waals surface area (Å²) in [6.07, 6.45) is 0. The van der Waals surface area contributed by atoms with Gasteiger partial charge in [-0.05, 0) is 19.1 Å². The average molecular weight is 305 g/mol. The van der Waals surface area contributed by atoms with E-state index in [2.05, 4.69) is 10.4 Å². The zero-order chi connectivity index (χ0) is 13.3. The van der Waals surface area contributed by atoms with E-state index in [-0.39, 0.29) is 0 Å². The van der Waals surface area contributed by atoms with Gasteiger partial charge in [0.1, 0.15) is 0 Å². The molecule has 0 saturated carbocycles. The van der Waals surface area contributed by atoms with Crippen LogP contribution in [0.3, 0.4) is 0 Å². The first-order chi connectivity index (χ1) is 8.50. The molecule has 1 aromatic heterocycles. The number of halogens is 3. The molecule has 0 radical (unpaired) electrons. The lowest BCUT2D eigenvalue weighted by Crippen LogP contribution is -2.06. The Bertz CT molecular complexity index is 578. The van der Waals surface area contributed by atoms with Gasteiger partial charge in [0.25, 0.3) is 0 Å². The van der Waals surface area contributed by atoms with Crippen molar-refractivity contribution < 1.29 is 0 Å². The third-order valence-corrected chi connectivity index (χ3v) is 3.97. The molecule has 3 nitrogen and oxygen atoms in total. The summed E-state index contributed by atoms with van der Waals surface area (Å²) in [7, 11) is 1.86. The molecule has 0 fully saturated rings. The van der Waals surface area contributed by atoms with Gasteiger partial charge >= 0.3 is 0 Å². The van der Waals surface area contributed by atoms with Gasteiger partial charge < -0.3 is 5.32 Å². The highest BCUT2D eigenvalue weighted by Crippen LogP contribution is 2.30. The van der Waals surface area contributed by atoms with Crippen LogP contribution >= 0.6 is 34.8 Å². The van der Waals surface area contributed by atoms with Gasteiger partial charge in [-0.2, -0.15) is 5.10 Å². The Morgan fingerprint density at radius 2 is 1.94 bits per heavy atom. The molecule has 0 unspecified atom stereocenters. The zero-order valence-corrected chi connectivity index (χ0v) is 12.2. The Kier molecular flexibility index (Phi) is 4.05. The van der Waals surface area contributed by atoms with Crippen LogP contribution in [0.25, 0.3) is 0 Å². The van der Waals surface area contributed by atoms with Crippen molar-refractivity contribution in [1.29, 1.82) is 0 Å². The van der Waals surface area contributed by atoms with E-state index in [1.807, 2.05) is 26.1 Å². The molecule has 1 aromatic carbocycles. The molecule has 0 amide bonds. The number of hydrogen-bond acceptors (Lipinski definition) is 2. The Morgan fingerprint density at radius 1 is 1.22 bits per heavy atom. The van der Waals surface area contributed by atoms with Crippen molar-refractivity contribution in [1.82, 2.24) is 9.78 Å². The molecule has 0 aliphatic rings. The molecule has 0 atom stereocenters. The first kappa shape index (κ1) is 13.5. The van der Waals surface area contributed by atoms with Crippen LogP contribution in [0.5, 0.6) is 0 Å². The zero-order valence-electron chi connectivity index (χ0n) is 9.97. The number of anilines is 1. The van der Waals surface area contributed by atoms with Crippen LogP contribution in [-0.4, -0.2) is 9.78 Å². The maximum absolute atomic E-state index is 6.17. The van der Waals surface area contributed by atoms with Gasteiger partial charge in [-0.25, -0.2) is 0 Å². The summed E-state index contributed by atoms with van der Waals surface area (Å²) in [6, 6.07) is 5.45. The first-order valence-electron chi connectivity index (χ1n) is 5.36. The minimum atomic E-state index is 0.508. The Labute approximate surface area is 121 Å². The molecule has 1 N–H and O–H groups in total. The molecule has 0 spiro atoms. The third-order valence-electron chi connectivity index (χ3n) is 2.66. The Hall–Kier alpha value is -0.900. The highest BCUT2D eigenvalue weighted by atomic mass is 35.5. The highest BCUT2D eigenvalue weighted by Gasteiger charge is 2.11. The van der Waals surface area contributed by atoms with E-state index in [1.54, 1.807) is 10.7 Å². The summed E-state index contributed by atoms with van der Waals surface area (Å²) in [5.74, 6) is 0. The van der Waals surface area contributed by atoms with Crippen molar-refractivity contribution in [2.45, 2.75) is 13.5 Å². The second kappa shape index (κ2) is 5.39. The van der Waals surface area contributed by atoms with E-state index < -0.39 is 0 Å². The topological polar surface area (TPSA) is 29.9 Å². The van der Waals surface area contributed by atoms with E-state index in [0.29, 0.717) is 21.6 Å². The standard InChI is InChI=1S/C12H12Cl3N3/c1-7-11(14)10(18(2)17-7)6-16-9-5-3-4-8(13)12(9)15/h3-5,16H,6H2,1-2H3. The van der Waals surface area contributed by atoms with Crippen molar-refractivity contribution in [2.24, 2.45) is 7.05 Å². The summed E-state index contributed by atoms with van der Waals surface area (Å²) < 4.78 is 1.75. The van der Waals surface area contributed by atoms with E-state index in [0.717, 1.165) is 17.1 Å². The predicted molar refractivity (Wildman–Crippen MR) is 76.7 cm³/mol. The fourth-order valence-electron chi connectivity index (χ4n) is 1.69. The van der Waals surface area contributed by atoms with Crippen LogP contribution in [-0.2, 0) is 13.6 Å². The SMILES string of the molecule is Cc1nn(C)c(CNc2cccc(Cl)c2Cl)c1Cl. The predicted octanol–water partition coefficient (Wildman–Crippen LogP) is 4.30. The molecular weight excluding hydrogens is 293 g/mol. The maximum Gasteiger partial charge on any atom is 0.0865 e. The number of nitrogens with one attached hydrogen (secondary N) is 1. The summed E-state index contributed by atoms with van der Waals surface area (Å²) in [5, 5.41) is 9.15. The van der Waals surface area contributed by atoms with Crippen LogP contribution < -0.4 is 5.32 Å². The minimum absolute atomic E-state index is 0.508. The molecule has 6 heteroatoms. The first-order valence-corrected chi connectivity index (χ1v) is 6.50.